The van der Waals surface area contributed by atoms with Crippen molar-refractivity contribution in [1.29, 1.82) is 0 Å². The quantitative estimate of drug-likeness (QED) is 0.195. The first-order valence-corrected chi connectivity index (χ1v) is 12.7. The van der Waals surface area contributed by atoms with Crippen molar-refractivity contribution in [2.75, 3.05) is 13.2 Å². The average Bonchev–Trinajstić information content (AvgIpc) is 3.53. The van der Waals surface area contributed by atoms with Crippen molar-refractivity contribution in [3.05, 3.63) is 81.6 Å². The minimum absolute atomic E-state index is 0.102. The highest BCUT2D eigenvalue weighted by molar-refractivity contribution is 9.10. The minimum Gasteiger partial charge on any atom is -0.476 e. The second kappa shape index (κ2) is 10.9. The molecule has 0 bridgehead atoms. The molecule has 39 heavy (non-hydrogen) atoms. The van der Waals surface area contributed by atoms with Gasteiger partial charge in [-0.25, -0.2) is 18.4 Å². The predicted molar refractivity (Wildman–Crippen MR) is 142 cm³/mol. The molecule has 0 atom stereocenters. The normalized spacial score (nSPS) is 13.8. The maximum Gasteiger partial charge on any atom is 0.357 e. The molecule has 6 rings (SSSR count). The van der Waals surface area contributed by atoms with E-state index in [2.05, 4.69) is 36.3 Å². The van der Waals surface area contributed by atoms with E-state index in [-0.39, 0.29) is 15.9 Å². The maximum atomic E-state index is 14.5. The van der Waals surface area contributed by atoms with Crippen LogP contribution in [0.2, 0.25) is 0 Å². The first kappa shape index (κ1) is 26.4. The van der Waals surface area contributed by atoms with Crippen molar-refractivity contribution in [2.24, 2.45) is 0 Å². The van der Waals surface area contributed by atoms with Crippen molar-refractivity contribution in [1.82, 2.24) is 20.4 Å². The van der Waals surface area contributed by atoms with Crippen LogP contribution in [0.25, 0.3) is 32.9 Å². The van der Waals surface area contributed by atoms with Crippen molar-refractivity contribution < 1.29 is 33.3 Å². The average molecular weight is 599 g/mol. The number of nitrogens with zero attached hydrogens (tertiary/aromatic N) is 2. The number of hydrogen-bond acceptors (Lipinski definition) is 5. The van der Waals surface area contributed by atoms with Gasteiger partial charge in [-0.1, -0.05) is 24.3 Å². The number of halogens is 3. The number of rotatable bonds is 4. The number of H-pyrrole nitrogens is 2. The maximum absolute atomic E-state index is 14.5. The van der Waals surface area contributed by atoms with Crippen LogP contribution in [0.5, 0.6) is 0 Å². The third kappa shape index (κ3) is 5.38. The fraction of sp³-hybridized carbons (Fsp3) is 0.185. The van der Waals surface area contributed by atoms with Gasteiger partial charge in [0.25, 0.3) is 0 Å². The molecule has 3 aromatic carbocycles. The zero-order valence-corrected chi connectivity index (χ0v) is 21.8. The van der Waals surface area contributed by atoms with Gasteiger partial charge in [0.1, 0.15) is 11.6 Å². The molecule has 0 aliphatic carbocycles. The van der Waals surface area contributed by atoms with Gasteiger partial charge in [0.2, 0.25) is 0 Å². The lowest BCUT2D eigenvalue weighted by Crippen LogP contribution is -2.13. The largest absolute Gasteiger partial charge is 0.476 e. The Morgan fingerprint density at radius 1 is 0.846 bits per heavy atom. The zero-order chi connectivity index (χ0) is 27.7. The Morgan fingerprint density at radius 2 is 1.38 bits per heavy atom. The molecule has 0 spiro atoms. The van der Waals surface area contributed by atoms with Crippen LogP contribution in [0.3, 0.4) is 0 Å². The summed E-state index contributed by atoms with van der Waals surface area (Å²) in [7, 11) is 0. The number of carbonyl (C=O) groups is 2. The smallest absolute Gasteiger partial charge is 0.357 e. The van der Waals surface area contributed by atoms with Crippen LogP contribution in [-0.4, -0.2) is 55.8 Å². The van der Waals surface area contributed by atoms with E-state index in [0.29, 0.717) is 38.9 Å². The summed E-state index contributed by atoms with van der Waals surface area (Å²) in [6, 6.07) is 13.2. The molecule has 3 heterocycles. The second-order valence-corrected chi connectivity index (χ2v) is 9.81. The lowest BCUT2D eigenvalue weighted by atomic mass is 9.90. The molecule has 0 radical (unpaired) electrons. The standard InChI is InChI=1S/C19H17FN2O3.C8H4BrFN2O2/c20-16-10-17-15(18(19(23)24)22-21-17)9-14(16)13-3-1-11(2-4-13)12-5-7-25-8-6-12;9-4-1-3-6(2-5(4)10)11-12-7(3)8(13)14/h1-4,9-10,12H,5-8H2,(H,21,22)(H,23,24);1-2H,(H,11,12)(H,13,14). The highest BCUT2D eigenvalue weighted by atomic mass is 79.9. The summed E-state index contributed by atoms with van der Waals surface area (Å²) in [5.41, 5.74) is 2.84. The third-order valence-electron chi connectivity index (χ3n) is 6.57. The van der Waals surface area contributed by atoms with Gasteiger partial charge in [-0.2, -0.15) is 10.2 Å². The number of nitrogens with one attached hydrogen (secondary N) is 2. The molecule has 2 aromatic heterocycles. The SMILES string of the molecule is O=C(O)c1n[nH]c2cc(F)c(-c3ccc(C4CCOCC4)cc3)cc12.O=C(O)c1n[nH]c2cc(F)c(Br)cc12. The summed E-state index contributed by atoms with van der Waals surface area (Å²) in [5, 5.41) is 31.0. The van der Waals surface area contributed by atoms with E-state index in [9.17, 15) is 23.5 Å². The van der Waals surface area contributed by atoms with E-state index in [1.165, 1.54) is 23.8 Å². The van der Waals surface area contributed by atoms with E-state index in [1.807, 2.05) is 24.3 Å². The number of fused-ring (bicyclic) bond motifs is 2. The number of aromatic amines is 2. The number of carboxylic acids is 2. The molecule has 1 aliphatic heterocycles. The molecular weight excluding hydrogens is 578 g/mol. The van der Waals surface area contributed by atoms with Crippen molar-refractivity contribution in [2.45, 2.75) is 18.8 Å². The fourth-order valence-corrected chi connectivity index (χ4v) is 4.91. The van der Waals surface area contributed by atoms with Crippen LogP contribution in [-0.2, 0) is 4.74 Å². The molecular formula is C27H21BrF2N4O5. The summed E-state index contributed by atoms with van der Waals surface area (Å²) in [6.45, 7) is 1.55. The van der Waals surface area contributed by atoms with Crippen LogP contribution in [0.4, 0.5) is 8.78 Å². The highest BCUT2D eigenvalue weighted by Gasteiger charge is 2.19. The van der Waals surface area contributed by atoms with Gasteiger partial charge in [0.15, 0.2) is 11.4 Å². The van der Waals surface area contributed by atoms with Gasteiger partial charge in [-0.15, -0.1) is 0 Å². The van der Waals surface area contributed by atoms with Gasteiger partial charge in [0.05, 0.1) is 15.5 Å². The van der Waals surface area contributed by atoms with Gasteiger partial charge in [-0.05, 0) is 57.9 Å². The third-order valence-corrected chi connectivity index (χ3v) is 7.18. The number of aromatic nitrogens is 4. The molecule has 0 saturated carbocycles. The Labute approximate surface area is 227 Å². The van der Waals surface area contributed by atoms with Crippen LogP contribution in [0.15, 0.2) is 53.0 Å². The highest BCUT2D eigenvalue weighted by Crippen LogP contribution is 2.32. The van der Waals surface area contributed by atoms with Crippen LogP contribution < -0.4 is 0 Å². The number of aromatic carboxylic acids is 2. The summed E-state index contributed by atoms with van der Waals surface area (Å²) < 4.78 is 33.1. The molecule has 1 saturated heterocycles. The van der Waals surface area contributed by atoms with E-state index < -0.39 is 23.6 Å². The Bertz CT molecular complexity index is 1690. The predicted octanol–water partition coefficient (Wildman–Crippen LogP) is 6.12. The molecule has 200 valence electrons. The summed E-state index contributed by atoms with van der Waals surface area (Å²) >= 11 is 2.97. The zero-order valence-electron chi connectivity index (χ0n) is 20.2. The van der Waals surface area contributed by atoms with Crippen LogP contribution in [0, 0.1) is 11.6 Å². The van der Waals surface area contributed by atoms with Gasteiger partial charge in [-0.3, -0.25) is 10.2 Å². The molecule has 4 N–H and O–H groups in total. The molecule has 1 fully saturated rings. The Balaban J connectivity index is 0.000000186. The summed E-state index contributed by atoms with van der Waals surface area (Å²) in [4.78, 5) is 21.9. The lowest BCUT2D eigenvalue weighted by molar-refractivity contribution is 0.0681. The van der Waals surface area contributed by atoms with Crippen molar-refractivity contribution >= 4 is 49.7 Å². The van der Waals surface area contributed by atoms with Crippen molar-refractivity contribution in [3.8, 4) is 11.1 Å². The fourth-order valence-electron chi connectivity index (χ4n) is 4.56. The van der Waals surface area contributed by atoms with Crippen LogP contribution in [0.1, 0.15) is 45.3 Å². The molecule has 0 amide bonds. The number of carboxylic acid groups (broad SMARTS) is 2. The second-order valence-electron chi connectivity index (χ2n) is 8.95. The molecule has 9 nitrogen and oxygen atoms in total. The number of ether oxygens (including phenoxy) is 1. The van der Waals surface area contributed by atoms with Gasteiger partial charge in [0, 0.05) is 41.7 Å². The van der Waals surface area contributed by atoms with Gasteiger partial charge < -0.3 is 14.9 Å². The van der Waals surface area contributed by atoms with Gasteiger partial charge >= 0.3 is 11.9 Å². The summed E-state index contributed by atoms with van der Waals surface area (Å²) in [6.07, 6.45) is 1.99. The number of benzene rings is 3. The molecule has 1 aliphatic rings. The van der Waals surface area contributed by atoms with E-state index >= 15 is 0 Å². The van der Waals surface area contributed by atoms with E-state index in [4.69, 9.17) is 9.84 Å². The lowest BCUT2D eigenvalue weighted by Gasteiger charge is -2.22. The van der Waals surface area contributed by atoms with Crippen LogP contribution >= 0.6 is 15.9 Å². The van der Waals surface area contributed by atoms with E-state index in [1.54, 1.807) is 6.07 Å². The van der Waals surface area contributed by atoms with Crippen molar-refractivity contribution in [3.63, 3.8) is 0 Å². The monoisotopic (exact) mass is 598 g/mol. The number of hydrogen-bond donors (Lipinski definition) is 4. The first-order chi connectivity index (χ1) is 18.7. The topological polar surface area (TPSA) is 141 Å². The van der Waals surface area contributed by atoms with E-state index in [0.717, 1.165) is 26.1 Å². The molecule has 5 aromatic rings. The Hall–Kier alpha value is -4.16. The minimum atomic E-state index is -1.14. The Kier molecular flexibility index (Phi) is 7.40. The first-order valence-electron chi connectivity index (χ1n) is 11.9. The molecule has 12 heteroatoms. The molecule has 0 unspecified atom stereocenters. The summed E-state index contributed by atoms with van der Waals surface area (Å²) in [5.74, 6) is -2.68. The Morgan fingerprint density at radius 3 is 1.95 bits per heavy atom.